The van der Waals surface area contributed by atoms with Gasteiger partial charge < -0.3 is 19.3 Å². The topological polar surface area (TPSA) is 126 Å². The van der Waals surface area contributed by atoms with Gasteiger partial charge in [-0.1, -0.05) is 6.08 Å². The summed E-state index contributed by atoms with van der Waals surface area (Å²) in [4.78, 5) is 36.6. The van der Waals surface area contributed by atoms with Crippen molar-refractivity contribution in [2.75, 3.05) is 11.5 Å². The average molecular weight is 456 g/mol. The van der Waals surface area contributed by atoms with Crippen LogP contribution in [0, 0.1) is 11.3 Å². The van der Waals surface area contributed by atoms with Crippen LogP contribution in [0.2, 0.25) is 0 Å². The third-order valence-corrected chi connectivity index (χ3v) is 4.76. The molecule has 176 valence electrons. The Bertz CT molecular complexity index is 1010. The van der Waals surface area contributed by atoms with Crippen LogP contribution in [-0.2, 0) is 23.9 Å². The zero-order chi connectivity index (χ0) is 24.8. The van der Waals surface area contributed by atoms with Gasteiger partial charge in [0.1, 0.15) is 24.0 Å². The Morgan fingerprint density at radius 2 is 2.06 bits per heavy atom. The molecule has 0 saturated carbocycles. The summed E-state index contributed by atoms with van der Waals surface area (Å²) in [6, 6.07) is 5.53. The van der Waals surface area contributed by atoms with Crippen molar-refractivity contribution in [3.05, 3.63) is 47.2 Å². The summed E-state index contributed by atoms with van der Waals surface area (Å²) < 4.78 is 16.9. The molecule has 0 saturated heterocycles. The number of esters is 1. The normalized spacial score (nSPS) is 16.5. The number of nitriles is 1. The molecule has 0 fully saturated rings. The van der Waals surface area contributed by atoms with Gasteiger partial charge in [-0.25, -0.2) is 9.59 Å². The Kier molecular flexibility index (Phi) is 8.38. The molecular formula is C24H28N2O7. The lowest BCUT2D eigenvalue weighted by Crippen LogP contribution is -2.42. The monoisotopic (exact) mass is 456 g/mol. The van der Waals surface area contributed by atoms with Gasteiger partial charge in [0, 0.05) is 0 Å². The summed E-state index contributed by atoms with van der Waals surface area (Å²) in [5.41, 5.74) is 0.415. The van der Waals surface area contributed by atoms with E-state index in [-0.39, 0.29) is 17.0 Å². The SMILES string of the molecule is CC1=C(Oc2ccc(C#N)cc2N(C=O)C(C)C(=O)OC(C)(C)C)C=CCC1OCC(=O)O. The minimum Gasteiger partial charge on any atom is -0.480 e. The number of amides is 1. The molecule has 0 radical (unpaired) electrons. The number of carbonyl (C=O) groups is 3. The maximum absolute atomic E-state index is 12.6. The van der Waals surface area contributed by atoms with E-state index < -0.39 is 36.3 Å². The van der Waals surface area contributed by atoms with Crippen molar-refractivity contribution in [3.63, 3.8) is 0 Å². The fourth-order valence-electron chi connectivity index (χ4n) is 3.10. The zero-order valence-electron chi connectivity index (χ0n) is 19.3. The number of nitrogens with zero attached hydrogens (tertiary/aromatic N) is 2. The van der Waals surface area contributed by atoms with Crippen molar-refractivity contribution in [1.82, 2.24) is 0 Å². The molecule has 1 aliphatic carbocycles. The number of ether oxygens (including phenoxy) is 3. The summed E-state index contributed by atoms with van der Waals surface area (Å²) in [5.74, 6) is -1.04. The van der Waals surface area contributed by atoms with E-state index >= 15 is 0 Å². The van der Waals surface area contributed by atoms with Crippen LogP contribution >= 0.6 is 0 Å². The summed E-state index contributed by atoms with van der Waals surface area (Å²) in [6.07, 6.45) is 4.00. The maximum atomic E-state index is 12.6. The summed E-state index contributed by atoms with van der Waals surface area (Å²) in [6.45, 7) is 8.00. The fraction of sp³-hybridized carbons (Fsp3) is 0.417. The molecule has 1 amide bonds. The largest absolute Gasteiger partial charge is 0.480 e. The highest BCUT2D eigenvalue weighted by atomic mass is 16.6. The van der Waals surface area contributed by atoms with Crippen LogP contribution in [-0.4, -0.2) is 47.8 Å². The van der Waals surface area contributed by atoms with Crippen LogP contribution in [0.5, 0.6) is 5.75 Å². The van der Waals surface area contributed by atoms with Gasteiger partial charge in [0.15, 0.2) is 5.75 Å². The van der Waals surface area contributed by atoms with Crippen molar-refractivity contribution >= 4 is 24.0 Å². The number of aliphatic carboxylic acids is 1. The summed E-state index contributed by atoms with van der Waals surface area (Å²) >= 11 is 0. The highest BCUT2D eigenvalue weighted by Crippen LogP contribution is 2.34. The fourth-order valence-corrected chi connectivity index (χ4v) is 3.10. The number of hydrogen-bond donors (Lipinski definition) is 1. The van der Waals surface area contributed by atoms with Gasteiger partial charge in [-0.05, 0) is 70.9 Å². The number of anilines is 1. The molecule has 0 aromatic heterocycles. The predicted octanol–water partition coefficient (Wildman–Crippen LogP) is 3.33. The Morgan fingerprint density at radius 1 is 1.36 bits per heavy atom. The van der Waals surface area contributed by atoms with Gasteiger partial charge in [-0.15, -0.1) is 0 Å². The summed E-state index contributed by atoms with van der Waals surface area (Å²) in [5, 5.41) is 18.2. The van der Waals surface area contributed by atoms with Crippen molar-refractivity contribution in [1.29, 1.82) is 5.26 Å². The second-order valence-electron chi connectivity index (χ2n) is 8.50. The molecule has 1 aromatic rings. The van der Waals surface area contributed by atoms with E-state index in [4.69, 9.17) is 19.3 Å². The molecule has 0 aliphatic heterocycles. The minimum absolute atomic E-state index is 0.213. The molecule has 2 unspecified atom stereocenters. The van der Waals surface area contributed by atoms with Crippen molar-refractivity contribution in [2.45, 2.75) is 58.8 Å². The molecule has 33 heavy (non-hydrogen) atoms. The average Bonchev–Trinajstić information content (AvgIpc) is 2.74. The van der Waals surface area contributed by atoms with Gasteiger partial charge in [-0.3, -0.25) is 9.69 Å². The molecule has 2 rings (SSSR count). The Morgan fingerprint density at radius 3 is 2.64 bits per heavy atom. The molecule has 1 N–H and O–H groups in total. The Hall–Kier alpha value is -3.64. The van der Waals surface area contributed by atoms with E-state index in [0.717, 1.165) is 4.90 Å². The van der Waals surface area contributed by atoms with E-state index in [1.165, 1.54) is 25.1 Å². The maximum Gasteiger partial charge on any atom is 0.329 e. The number of allylic oxidation sites excluding steroid dienone is 1. The van der Waals surface area contributed by atoms with Gasteiger partial charge >= 0.3 is 11.9 Å². The lowest BCUT2D eigenvalue weighted by Gasteiger charge is -2.29. The van der Waals surface area contributed by atoms with Crippen LogP contribution in [0.4, 0.5) is 5.69 Å². The van der Waals surface area contributed by atoms with Gasteiger partial charge in [-0.2, -0.15) is 5.26 Å². The van der Waals surface area contributed by atoms with E-state index in [9.17, 15) is 19.6 Å². The first-order chi connectivity index (χ1) is 15.5. The van der Waals surface area contributed by atoms with E-state index in [2.05, 4.69) is 0 Å². The van der Waals surface area contributed by atoms with Crippen molar-refractivity contribution in [2.24, 2.45) is 0 Å². The number of carbonyl (C=O) groups excluding carboxylic acids is 2. The second-order valence-corrected chi connectivity index (χ2v) is 8.50. The van der Waals surface area contributed by atoms with Gasteiger partial charge in [0.25, 0.3) is 0 Å². The van der Waals surface area contributed by atoms with Crippen LogP contribution in [0.1, 0.15) is 46.6 Å². The predicted molar refractivity (Wildman–Crippen MR) is 119 cm³/mol. The molecule has 0 bridgehead atoms. The molecule has 9 heteroatoms. The van der Waals surface area contributed by atoms with Gasteiger partial charge in [0.2, 0.25) is 6.41 Å². The number of benzene rings is 1. The van der Waals surface area contributed by atoms with Crippen LogP contribution in [0.25, 0.3) is 0 Å². The number of carboxylic acids is 1. The molecule has 9 nitrogen and oxygen atoms in total. The first-order valence-corrected chi connectivity index (χ1v) is 10.4. The lowest BCUT2D eigenvalue weighted by molar-refractivity contribution is -0.156. The second kappa shape index (κ2) is 10.8. The number of rotatable bonds is 9. The van der Waals surface area contributed by atoms with Crippen LogP contribution < -0.4 is 9.64 Å². The molecular weight excluding hydrogens is 428 g/mol. The van der Waals surface area contributed by atoms with E-state index in [1.807, 2.05) is 6.07 Å². The number of carboxylic acid groups (broad SMARTS) is 1. The van der Waals surface area contributed by atoms with Crippen LogP contribution in [0.15, 0.2) is 41.7 Å². The third-order valence-electron chi connectivity index (χ3n) is 4.76. The van der Waals surface area contributed by atoms with Crippen molar-refractivity contribution in [3.8, 4) is 11.8 Å². The van der Waals surface area contributed by atoms with E-state index in [1.54, 1.807) is 39.8 Å². The van der Waals surface area contributed by atoms with Gasteiger partial charge in [0.05, 0.1) is 23.4 Å². The molecule has 1 aromatic carbocycles. The molecule has 2 atom stereocenters. The first kappa shape index (κ1) is 25.6. The molecule has 0 spiro atoms. The Balaban J connectivity index is 2.41. The smallest absolute Gasteiger partial charge is 0.329 e. The number of hydrogen-bond acceptors (Lipinski definition) is 7. The van der Waals surface area contributed by atoms with Crippen molar-refractivity contribution < 1.29 is 33.7 Å². The quantitative estimate of drug-likeness (QED) is 0.443. The summed E-state index contributed by atoms with van der Waals surface area (Å²) in [7, 11) is 0. The standard InChI is InChI=1S/C24H28N2O7/c1-15-19(31-13-22(28)29)7-6-8-20(15)32-21-10-9-17(12-25)11-18(21)26(14-27)16(2)23(30)33-24(3,4)5/h6,8-11,14,16,19H,7,13H2,1-5H3,(H,28,29). The Labute approximate surface area is 192 Å². The molecule has 0 heterocycles. The third kappa shape index (κ3) is 6.92. The van der Waals surface area contributed by atoms with Crippen LogP contribution in [0.3, 0.4) is 0 Å². The minimum atomic E-state index is -1.08. The van der Waals surface area contributed by atoms with E-state index in [0.29, 0.717) is 24.2 Å². The highest BCUT2D eigenvalue weighted by Gasteiger charge is 2.29. The zero-order valence-corrected chi connectivity index (χ0v) is 19.3. The highest BCUT2D eigenvalue weighted by molar-refractivity contribution is 5.90. The lowest BCUT2D eigenvalue weighted by atomic mass is 10.0. The molecule has 1 aliphatic rings. The first-order valence-electron chi connectivity index (χ1n) is 10.4.